The molecule has 62 valence electrons. The van der Waals surface area contributed by atoms with Gasteiger partial charge in [-0.2, -0.15) is 0 Å². The molecule has 0 amide bonds. The van der Waals surface area contributed by atoms with Crippen molar-refractivity contribution >= 4 is 12.4 Å². The van der Waals surface area contributed by atoms with Crippen LogP contribution in [0.4, 0.5) is 4.39 Å². The van der Waals surface area contributed by atoms with Gasteiger partial charge in [-0.25, -0.2) is 4.39 Å². The maximum atomic E-state index is 12.9. The van der Waals surface area contributed by atoms with Crippen molar-refractivity contribution in [3.8, 4) is 0 Å². The zero-order valence-corrected chi connectivity index (χ0v) is 7.30. The molecule has 1 fully saturated rings. The molecule has 0 saturated carbocycles. The fraction of sp³-hybridized carbons (Fsp3) is 1.00. The molecule has 0 aromatic rings. The van der Waals surface area contributed by atoms with Gasteiger partial charge in [0.1, 0.15) is 6.17 Å². The molecule has 0 aromatic carbocycles. The monoisotopic (exact) mass is 167 g/mol. The lowest BCUT2D eigenvalue weighted by atomic mass is 9.82. The normalized spacial score (nSPS) is 30.9. The SMILES string of the molecule is CC1(C)CCNCC1F.Cl. The highest BCUT2D eigenvalue weighted by atomic mass is 35.5. The summed E-state index contributed by atoms with van der Waals surface area (Å²) in [6.45, 7) is 5.47. The lowest BCUT2D eigenvalue weighted by Gasteiger charge is -2.33. The van der Waals surface area contributed by atoms with E-state index >= 15 is 0 Å². The molecule has 0 bridgehead atoms. The molecule has 1 unspecified atom stereocenters. The Morgan fingerprint density at radius 3 is 2.40 bits per heavy atom. The Morgan fingerprint density at radius 1 is 1.50 bits per heavy atom. The van der Waals surface area contributed by atoms with Crippen LogP contribution in [-0.4, -0.2) is 19.3 Å². The van der Waals surface area contributed by atoms with Crippen LogP contribution in [0, 0.1) is 5.41 Å². The summed E-state index contributed by atoms with van der Waals surface area (Å²) in [6.07, 6.45) is 0.292. The fourth-order valence-corrected chi connectivity index (χ4v) is 1.07. The highest BCUT2D eigenvalue weighted by Gasteiger charge is 2.31. The highest BCUT2D eigenvalue weighted by Crippen LogP contribution is 2.29. The quantitative estimate of drug-likeness (QED) is 0.580. The smallest absolute Gasteiger partial charge is 0.118 e. The minimum atomic E-state index is -0.661. The maximum Gasteiger partial charge on any atom is 0.118 e. The average Bonchev–Trinajstić information content (AvgIpc) is 1.77. The van der Waals surface area contributed by atoms with Gasteiger partial charge in [0.25, 0.3) is 0 Å². The van der Waals surface area contributed by atoms with Crippen LogP contribution in [0.25, 0.3) is 0 Å². The van der Waals surface area contributed by atoms with Gasteiger partial charge in [-0.3, -0.25) is 0 Å². The average molecular weight is 168 g/mol. The second kappa shape index (κ2) is 3.54. The summed E-state index contributed by atoms with van der Waals surface area (Å²) in [4.78, 5) is 0. The van der Waals surface area contributed by atoms with Crippen LogP contribution in [-0.2, 0) is 0 Å². The van der Waals surface area contributed by atoms with Gasteiger partial charge in [0, 0.05) is 6.54 Å². The molecule has 1 rings (SSSR count). The van der Waals surface area contributed by atoms with Gasteiger partial charge < -0.3 is 5.32 Å². The molecule has 1 aliphatic rings. The van der Waals surface area contributed by atoms with Crippen LogP contribution in [0.3, 0.4) is 0 Å². The van der Waals surface area contributed by atoms with Crippen molar-refractivity contribution in [1.82, 2.24) is 5.32 Å². The Morgan fingerprint density at radius 2 is 2.10 bits per heavy atom. The summed E-state index contributed by atoms with van der Waals surface area (Å²) in [5, 5.41) is 3.02. The maximum absolute atomic E-state index is 12.9. The van der Waals surface area contributed by atoms with E-state index in [0.29, 0.717) is 6.54 Å². The third-order valence-electron chi connectivity index (χ3n) is 2.12. The lowest BCUT2D eigenvalue weighted by molar-refractivity contribution is 0.103. The Hall–Kier alpha value is 0.180. The van der Waals surface area contributed by atoms with Gasteiger partial charge in [0.15, 0.2) is 0 Å². The van der Waals surface area contributed by atoms with Crippen LogP contribution < -0.4 is 5.32 Å². The first-order valence-corrected chi connectivity index (χ1v) is 3.48. The summed E-state index contributed by atoms with van der Waals surface area (Å²) in [6, 6.07) is 0. The first-order chi connectivity index (χ1) is 4.13. The van der Waals surface area contributed by atoms with E-state index in [1.807, 2.05) is 13.8 Å². The number of halogens is 2. The molecular formula is C7H15ClFN. The van der Waals surface area contributed by atoms with Crippen LogP contribution in [0.5, 0.6) is 0 Å². The van der Waals surface area contributed by atoms with Crippen molar-refractivity contribution in [2.45, 2.75) is 26.4 Å². The van der Waals surface area contributed by atoms with Crippen LogP contribution in [0.2, 0.25) is 0 Å². The van der Waals surface area contributed by atoms with Crippen LogP contribution in [0.1, 0.15) is 20.3 Å². The topological polar surface area (TPSA) is 12.0 Å². The van der Waals surface area contributed by atoms with Crippen molar-refractivity contribution in [1.29, 1.82) is 0 Å². The fourth-order valence-electron chi connectivity index (χ4n) is 1.07. The number of piperidine rings is 1. The van der Waals surface area contributed by atoms with Gasteiger partial charge >= 0.3 is 0 Å². The van der Waals surface area contributed by atoms with E-state index in [1.165, 1.54) is 0 Å². The van der Waals surface area contributed by atoms with Crippen molar-refractivity contribution < 1.29 is 4.39 Å². The lowest BCUT2D eigenvalue weighted by Crippen LogP contribution is -2.43. The number of rotatable bonds is 0. The van der Waals surface area contributed by atoms with Crippen LogP contribution >= 0.6 is 12.4 Å². The van der Waals surface area contributed by atoms with E-state index in [9.17, 15) is 4.39 Å². The summed E-state index contributed by atoms with van der Waals surface area (Å²) in [5.74, 6) is 0. The second-order valence-corrected chi connectivity index (χ2v) is 3.41. The summed E-state index contributed by atoms with van der Waals surface area (Å²) < 4.78 is 12.9. The standard InChI is InChI=1S/C7H14FN.ClH/c1-7(2)3-4-9-5-6(7)8;/h6,9H,3-5H2,1-2H3;1H. The zero-order chi connectivity index (χ0) is 6.91. The van der Waals surface area contributed by atoms with Crippen molar-refractivity contribution in [3.05, 3.63) is 0 Å². The molecule has 1 heterocycles. The molecule has 0 aliphatic carbocycles. The highest BCUT2D eigenvalue weighted by molar-refractivity contribution is 5.85. The molecule has 3 heteroatoms. The number of hydrogen-bond acceptors (Lipinski definition) is 1. The predicted molar refractivity (Wildman–Crippen MR) is 43.4 cm³/mol. The Kier molecular flexibility index (Phi) is 3.60. The number of nitrogens with one attached hydrogen (secondary N) is 1. The minimum Gasteiger partial charge on any atom is -0.314 e. The Balaban J connectivity index is 0.000000810. The van der Waals surface area contributed by atoms with E-state index in [2.05, 4.69) is 5.32 Å². The molecule has 1 aliphatic heterocycles. The predicted octanol–water partition coefficient (Wildman–Crippen LogP) is 1.77. The molecule has 0 radical (unpaired) electrons. The molecule has 0 aromatic heterocycles. The van der Waals surface area contributed by atoms with Gasteiger partial charge in [-0.15, -0.1) is 12.4 Å². The van der Waals surface area contributed by atoms with Gasteiger partial charge in [0.05, 0.1) is 0 Å². The van der Waals surface area contributed by atoms with E-state index < -0.39 is 6.17 Å². The van der Waals surface area contributed by atoms with E-state index in [0.717, 1.165) is 13.0 Å². The molecule has 10 heavy (non-hydrogen) atoms. The van der Waals surface area contributed by atoms with Crippen molar-refractivity contribution in [2.75, 3.05) is 13.1 Å². The van der Waals surface area contributed by atoms with Crippen molar-refractivity contribution in [2.24, 2.45) is 5.41 Å². The van der Waals surface area contributed by atoms with E-state index in [1.54, 1.807) is 0 Å². The first kappa shape index (κ1) is 10.2. The Labute approximate surface area is 67.8 Å². The summed E-state index contributed by atoms with van der Waals surface area (Å²) >= 11 is 0. The van der Waals surface area contributed by atoms with Gasteiger partial charge in [-0.1, -0.05) is 13.8 Å². The molecule has 1 atom stereocenters. The first-order valence-electron chi connectivity index (χ1n) is 3.48. The molecule has 1 N–H and O–H groups in total. The van der Waals surface area contributed by atoms with Crippen LogP contribution in [0.15, 0.2) is 0 Å². The molecular weight excluding hydrogens is 153 g/mol. The van der Waals surface area contributed by atoms with Gasteiger partial charge in [-0.05, 0) is 18.4 Å². The number of alkyl halides is 1. The zero-order valence-electron chi connectivity index (χ0n) is 6.48. The summed E-state index contributed by atoms with van der Waals surface area (Å²) in [5.41, 5.74) is -0.0920. The van der Waals surface area contributed by atoms with Gasteiger partial charge in [0.2, 0.25) is 0 Å². The third kappa shape index (κ3) is 2.10. The second-order valence-electron chi connectivity index (χ2n) is 3.41. The molecule has 1 nitrogen and oxygen atoms in total. The molecule has 0 spiro atoms. The third-order valence-corrected chi connectivity index (χ3v) is 2.12. The Bertz CT molecular complexity index is 106. The minimum absolute atomic E-state index is 0. The largest absolute Gasteiger partial charge is 0.314 e. The van der Waals surface area contributed by atoms with E-state index in [-0.39, 0.29) is 17.8 Å². The van der Waals surface area contributed by atoms with E-state index in [4.69, 9.17) is 0 Å². The number of hydrogen-bond donors (Lipinski definition) is 1. The summed E-state index contributed by atoms with van der Waals surface area (Å²) in [7, 11) is 0. The molecule has 1 saturated heterocycles. The van der Waals surface area contributed by atoms with Crippen molar-refractivity contribution in [3.63, 3.8) is 0 Å².